The van der Waals surface area contributed by atoms with Gasteiger partial charge in [0.05, 0.1) is 23.3 Å². The second-order valence-electron chi connectivity index (χ2n) is 7.97. The second kappa shape index (κ2) is 10.5. The van der Waals surface area contributed by atoms with Crippen LogP contribution in [0.4, 0.5) is 0 Å². The van der Waals surface area contributed by atoms with E-state index >= 15 is 0 Å². The number of benzene rings is 3. The SMILES string of the molecule is CCOC(=O)c1ccc(OC2CCC(=Cc3ccc(-c4ccccc4)cc3)CC2)c(Cl)c1. The fourth-order valence-corrected chi connectivity index (χ4v) is 4.20. The van der Waals surface area contributed by atoms with Gasteiger partial charge in [0.2, 0.25) is 0 Å². The molecule has 3 nitrogen and oxygen atoms in total. The number of hydrogen-bond donors (Lipinski definition) is 0. The van der Waals surface area contributed by atoms with Crippen LogP contribution in [0.2, 0.25) is 5.02 Å². The molecule has 3 aromatic carbocycles. The number of rotatable bonds is 6. The zero-order valence-electron chi connectivity index (χ0n) is 18.2. The Labute approximate surface area is 194 Å². The third-order valence-corrected chi connectivity index (χ3v) is 6.00. The Bertz CT molecular complexity index is 1080. The van der Waals surface area contributed by atoms with E-state index in [1.165, 1.54) is 22.3 Å². The van der Waals surface area contributed by atoms with Crippen molar-refractivity contribution < 1.29 is 14.3 Å². The third-order valence-electron chi connectivity index (χ3n) is 5.70. The summed E-state index contributed by atoms with van der Waals surface area (Å²) in [5, 5.41) is 0.440. The van der Waals surface area contributed by atoms with E-state index in [9.17, 15) is 4.79 Å². The van der Waals surface area contributed by atoms with Gasteiger partial charge in [-0.3, -0.25) is 0 Å². The molecule has 1 saturated carbocycles. The largest absolute Gasteiger partial charge is 0.489 e. The second-order valence-corrected chi connectivity index (χ2v) is 8.38. The first kappa shape index (κ1) is 22.2. The van der Waals surface area contributed by atoms with E-state index in [1.54, 1.807) is 25.1 Å². The van der Waals surface area contributed by atoms with E-state index in [1.807, 2.05) is 6.07 Å². The maximum Gasteiger partial charge on any atom is 0.338 e. The number of ether oxygens (including phenoxy) is 2. The number of hydrogen-bond acceptors (Lipinski definition) is 3. The van der Waals surface area contributed by atoms with Crippen LogP contribution < -0.4 is 4.74 Å². The van der Waals surface area contributed by atoms with Gasteiger partial charge < -0.3 is 9.47 Å². The quantitative estimate of drug-likeness (QED) is 0.366. The van der Waals surface area contributed by atoms with Gasteiger partial charge >= 0.3 is 5.97 Å². The van der Waals surface area contributed by atoms with E-state index < -0.39 is 0 Å². The Morgan fingerprint density at radius 3 is 2.31 bits per heavy atom. The highest BCUT2D eigenvalue weighted by Crippen LogP contribution is 2.32. The molecule has 0 bridgehead atoms. The van der Waals surface area contributed by atoms with Crippen LogP contribution >= 0.6 is 11.6 Å². The molecule has 0 unspecified atom stereocenters. The van der Waals surface area contributed by atoms with Crippen molar-refractivity contribution in [3.05, 3.63) is 94.5 Å². The smallest absolute Gasteiger partial charge is 0.338 e. The molecule has 1 aliphatic carbocycles. The van der Waals surface area contributed by atoms with Gasteiger partial charge in [-0.05, 0) is 67.5 Å². The maximum absolute atomic E-state index is 11.8. The number of esters is 1. The lowest BCUT2D eigenvalue weighted by molar-refractivity contribution is 0.0526. The first-order valence-electron chi connectivity index (χ1n) is 11.1. The zero-order chi connectivity index (χ0) is 22.3. The molecule has 0 aliphatic heterocycles. The van der Waals surface area contributed by atoms with Gasteiger partial charge in [0.1, 0.15) is 5.75 Å². The first-order valence-corrected chi connectivity index (χ1v) is 11.5. The van der Waals surface area contributed by atoms with E-state index in [0.29, 0.717) is 22.9 Å². The van der Waals surface area contributed by atoms with Crippen LogP contribution in [0.15, 0.2) is 78.4 Å². The van der Waals surface area contributed by atoms with Crippen LogP contribution in [0.3, 0.4) is 0 Å². The average Bonchev–Trinajstić information content (AvgIpc) is 2.83. The summed E-state index contributed by atoms with van der Waals surface area (Å²) in [5.41, 5.74) is 5.59. The molecule has 4 rings (SSSR count). The summed E-state index contributed by atoms with van der Waals surface area (Å²) in [4.78, 5) is 11.8. The molecular formula is C28H27ClO3. The number of halogens is 1. The lowest BCUT2D eigenvalue weighted by Gasteiger charge is -2.25. The van der Waals surface area contributed by atoms with Gasteiger partial charge in [-0.2, -0.15) is 0 Å². The normalized spacial score (nSPS) is 15.8. The summed E-state index contributed by atoms with van der Waals surface area (Å²) in [6.07, 6.45) is 6.33. The highest BCUT2D eigenvalue weighted by Gasteiger charge is 2.20. The van der Waals surface area contributed by atoms with Gasteiger partial charge in [0, 0.05) is 0 Å². The molecule has 3 aromatic rings. The summed E-state index contributed by atoms with van der Waals surface area (Å²) in [5.74, 6) is 0.249. The lowest BCUT2D eigenvalue weighted by Crippen LogP contribution is -2.21. The Morgan fingerprint density at radius 2 is 1.66 bits per heavy atom. The molecule has 0 aromatic heterocycles. The highest BCUT2D eigenvalue weighted by atomic mass is 35.5. The zero-order valence-corrected chi connectivity index (χ0v) is 19.0. The van der Waals surface area contributed by atoms with Gasteiger partial charge in [0.15, 0.2) is 0 Å². The van der Waals surface area contributed by atoms with Gasteiger partial charge in [-0.15, -0.1) is 0 Å². The van der Waals surface area contributed by atoms with Crippen molar-refractivity contribution in [2.45, 2.75) is 38.7 Å². The molecule has 1 aliphatic rings. The topological polar surface area (TPSA) is 35.5 Å². The van der Waals surface area contributed by atoms with Gasteiger partial charge in [-0.1, -0.05) is 77.8 Å². The molecular weight excluding hydrogens is 420 g/mol. The van der Waals surface area contributed by atoms with Crippen LogP contribution in [0.1, 0.15) is 48.5 Å². The average molecular weight is 447 g/mol. The molecule has 0 heterocycles. The fourth-order valence-electron chi connectivity index (χ4n) is 3.98. The summed E-state index contributed by atoms with van der Waals surface area (Å²) >= 11 is 6.34. The Morgan fingerprint density at radius 1 is 0.969 bits per heavy atom. The fraction of sp³-hybridized carbons (Fsp3) is 0.250. The van der Waals surface area contributed by atoms with Crippen molar-refractivity contribution in [2.75, 3.05) is 6.61 Å². The molecule has 0 spiro atoms. The van der Waals surface area contributed by atoms with Crippen molar-refractivity contribution in [3.63, 3.8) is 0 Å². The Hall–Kier alpha value is -3.04. The number of carbonyl (C=O) groups is 1. The third kappa shape index (κ3) is 5.60. The minimum atomic E-state index is -0.370. The minimum absolute atomic E-state index is 0.124. The molecule has 4 heteroatoms. The molecule has 0 saturated heterocycles. The molecule has 0 radical (unpaired) electrons. The molecule has 1 fully saturated rings. The summed E-state index contributed by atoms with van der Waals surface area (Å²) < 4.78 is 11.2. The van der Waals surface area contributed by atoms with Crippen molar-refractivity contribution in [1.82, 2.24) is 0 Å². The van der Waals surface area contributed by atoms with Crippen LogP contribution in [-0.4, -0.2) is 18.7 Å². The van der Waals surface area contributed by atoms with E-state index in [2.05, 4.69) is 54.6 Å². The first-order chi connectivity index (χ1) is 15.6. The molecule has 164 valence electrons. The predicted molar refractivity (Wildman–Crippen MR) is 130 cm³/mol. The monoisotopic (exact) mass is 446 g/mol. The summed E-state index contributed by atoms with van der Waals surface area (Å²) in [6.45, 7) is 2.12. The maximum atomic E-state index is 11.8. The number of allylic oxidation sites excluding steroid dienone is 1. The minimum Gasteiger partial charge on any atom is -0.489 e. The lowest BCUT2D eigenvalue weighted by atomic mass is 9.91. The summed E-state index contributed by atoms with van der Waals surface area (Å²) in [6, 6.07) is 24.2. The highest BCUT2D eigenvalue weighted by molar-refractivity contribution is 6.32. The Balaban J connectivity index is 1.33. The summed E-state index contributed by atoms with van der Waals surface area (Å²) in [7, 11) is 0. The van der Waals surface area contributed by atoms with Crippen LogP contribution in [0.5, 0.6) is 5.75 Å². The molecule has 0 N–H and O–H groups in total. The van der Waals surface area contributed by atoms with Crippen molar-refractivity contribution in [2.24, 2.45) is 0 Å². The predicted octanol–water partition coefficient (Wildman–Crippen LogP) is 7.59. The number of carbonyl (C=O) groups excluding carboxylic acids is 1. The van der Waals surface area contributed by atoms with Gasteiger partial charge in [-0.25, -0.2) is 4.79 Å². The standard InChI is InChI=1S/C28H27ClO3/c1-2-31-28(30)24-14-17-27(26(29)19-24)32-25-15-10-21(11-16-25)18-20-8-12-23(13-9-20)22-6-4-3-5-7-22/h3-9,12-14,17-19,25H,2,10-11,15-16H2,1H3. The van der Waals surface area contributed by atoms with E-state index in [4.69, 9.17) is 21.1 Å². The molecule has 0 atom stereocenters. The van der Waals surface area contributed by atoms with E-state index in [-0.39, 0.29) is 12.1 Å². The van der Waals surface area contributed by atoms with Crippen molar-refractivity contribution in [3.8, 4) is 16.9 Å². The van der Waals surface area contributed by atoms with Crippen LogP contribution in [0, 0.1) is 0 Å². The molecule has 0 amide bonds. The van der Waals surface area contributed by atoms with Gasteiger partial charge in [0.25, 0.3) is 0 Å². The van der Waals surface area contributed by atoms with Crippen LogP contribution in [0.25, 0.3) is 17.2 Å². The Kier molecular flexibility index (Phi) is 7.28. The van der Waals surface area contributed by atoms with E-state index in [0.717, 1.165) is 25.7 Å². The molecule has 32 heavy (non-hydrogen) atoms. The van der Waals surface area contributed by atoms with Crippen LogP contribution in [-0.2, 0) is 4.74 Å². The van der Waals surface area contributed by atoms with Crippen molar-refractivity contribution >= 4 is 23.6 Å². The van der Waals surface area contributed by atoms with Crippen molar-refractivity contribution in [1.29, 1.82) is 0 Å².